The van der Waals surface area contributed by atoms with Crippen LogP contribution >= 0.6 is 0 Å². The lowest BCUT2D eigenvalue weighted by Crippen LogP contribution is -1.99. The first kappa shape index (κ1) is 14.3. The van der Waals surface area contributed by atoms with E-state index in [-0.39, 0.29) is 11.6 Å². The van der Waals surface area contributed by atoms with Crippen molar-refractivity contribution in [3.63, 3.8) is 0 Å². The molecule has 0 aliphatic heterocycles. The minimum Gasteiger partial charge on any atom is -0.496 e. The van der Waals surface area contributed by atoms with E-state index >= 15 is 0 Å². The number of carbonyl (C=O) groups is 1. The number of halogens is 1. The predicted molar refractivity (Wildman–Crippen MR) is 77.9 cm³/mol. The van der Waals surface area contributed by atoms with Gasteiger partial charge in [0.2, 0.25) is 0 Å². The van der Waals surface area contributed by atoms with Gasteiger partial charge in [-0.15, -0.1) is 0 Å². The normalized spacial score (nSPS) is 10.4. The molecule has 0 bridgehead atoms. The summed E-state index contributed by atoms with van der Waals surface area (Å²) < 4.78 is 18.8. The summed E-state index contributed by atoms with van der Waals surface area (Å²) in [6, 6.07) is 8.08. The molecule has 2 aromatic carbocycles. The van der Waals surface area contributed by atoms with Gasteiger partial charge in [-0.2, -0.15) is 0 Å². The van der Waals surface area contributed by atoms with Crippen LogP contribution in [0, 0.1) is 19.7 Å². The topological polar surface area (TPSA) is 26.3 Å². The van der Waals surface area contributed by atoms with E-state index in [1.807, 2.05) is 26.0 Å². The molecule has 0 fully saturated rings. The van der Waals surface area contributed by atoms with Gasteiger partial charge < -0.3 is 4.74 Å². The fourth-order valence-electron chi connectivity index (χ4n) is 2.35. The number of ketones is 1. The van der Waals surface area contributed by atoms with Crippen molar-refractivity contribution in [3.05, 3.63) is 52.8 Å². The maximum atomic E-state index is 13.5. The first-order valence-corrected chi connectivity index (χ1v) is 6.40. The number of ether oxygens (including phenoxy) is 1. The Morgan fingerprint density at radius 3 is 2.35 bits per heavy atom. The molecule has 0 aliphatic rings. The minimum atomic E-state index is -0.349. The number of carbonyl (C=O) groups excluding carboxylic acids is 1. The Kier molecular flexibility index (Phi) is 3.89. The van der Waals surface area contributed by atoms with Crippen LogP contribution in [0.1, 0.15) is 28.4 Å². The van der Waals surface area contributed by atoms with Crippen LogP contribution in [0.4, 0.5) is 4.39 Å². The summed E-state index contributed by atoms with van der Waals surface area (Å²) in [7, 11) is 1.62. The smallest absolute Gasteiger partial charge is 0.160 e. The zero-order valence-corrected chi connectivity index (χ0v) is 12.1. The molecule has 0 saturated heterocycles. The molecule has 20 heavy (non-hydrogen) atoms. The lowest BCUT2D eigenvalue weighted by Gasteiger charge is -2.14. The van der Waals surface area contributed by atoms with E-state index in [1.165, 1.54) is 25.1 Å². The summed E-state index contributed by atoms with van der Waals surface area (Å²) >= 11 is 0. The monoisotopic (exact) mass is 272 g/mol. The standard InChI is InChI=1S/C17H17FO2/c1-10-8-17(20-4)11(2)7-15(10)16-9-13(18)5-6-14(16)12(3)19/h5-9H,1-4H3. The molecular weight excluding hydrogens is 255 g/mol. The van der Waals surface area contributed by atoms with Crippen LogP contribution in [-0.4, -0.2) is 12.9 Å². The Bertz CT molecular complexity index is 675. The molecule has 0 radical (unpaired) electrons. The van der Waals surface area contributed by atoms with Crippen LogP contribution in [0.5, 0.6) is 5.75 Å². The molecule has 3 heteroatoms. The average molecular weight is 272 g/mol. The molecule has 0 amide bonds. The first-order valence-electron chi connectivity index (χ1n) is 6.40. The Hall–Kier alpha value is -2.16. The van der Waals surface area contributed by atoms with Crippen molar-refractivity contribution < 1.29 is 13.9 Å². The number of hydrogen-bond donors (Lipinski definition) is 0. The summed E-state index contributed by atoms with van der Waals surface area (Å²) in [5.74, 6) is 0.359. The highest BCUT2D eigenvalue weighted by atomic mass is 19.1. The van der Waals surface area contributed by atoms with Crippen LogP contribution < -0.4 is 4.74 Å². The SMILES string of the molecule is COc1cc(C)c(-c2cc(F)ccc2C(C)=O)cc1C. The Morgan fingerprint density at radius 1 is 1.05 bits per heavy atom. The number of aryl methyl sites for hydroxylation is 2. The van der Waals surface area contributed by atoms with Crippen LogP contribution in [0.3, 0.4) is 0 Å². The van der Waals surface area contributed by atoms with E-state index in [0.717, 1.165) is 22.4 Å². The highest BCUT2D eigenvalue weighted by Crippen LogP contribution is 2.32. The molecule has 0 aromatic heterocycles. The van der Waals surface area contributed by atoms with Crippen molar-refractivity contribution in [2.45, 2.75) is 20.8 Å². The van der Waals surface area contributed by atoms with Crippen molar-refractivity contribution in [1.29, 1.82) is 0 Å². The van der Waals surface area contributed by atoms with Gasteiger partial charge in [0.05, 0.1) is 7.11 Å². The largest absolute Gasteiger partial charge is 0.496 e. The van der Waals surface area contributed by atoms with Gasteiger partial charge in [-0.3, -0.25) is 4.79 Å². The van der Waals surface area contributed by atoms with Crippen LogP contribution in [-0.2, 0) is 0 Å². The Balaban J connectivity index is 2.71. The van der Waals surface area contributed by atoms with E-state index in [4.69, 9.17) is 4.74 Å². The van der Waals surface area contributed by atoms with Crippen molar-refractivity contribution in [1.82, 2.24) is 0 Å². The van der Waals surface area contributed by atoms with E-state index in [9.17, 15) is 9.18 Å². The van der Waals surface area contributed by atoms with Crippen LogP contribution in [0.25, 0.3) is 11.1 Å². The second-order valence-corrected chi connectivity index (χ2v) is 4.88. The summed E-state index contributed by atoms with van der Waals surface area (Å²) in [5.41, 5.74) is 3.90. The van der Waals surface area contributed by atoms with Gasteiger partial charge in [0.25, 0.3) is 0 Å². The molecular formula is C17H17FO2. The molecule has 2 nitrogen and oxygen atoms in total. The van der Waals surface area contributed by atoms with E-state index in [2.05, 4.69) is 0 Å². The quantitative estimate of drug-likeness (QED) is 0.778. The molecule has 0 spiro atoms. The lowest BCUT2D eigenvalue weighted by molar-refractivity contribution is 0.101. The van der Waals surface area contributed by atoms with Crippen molar-refractivity contribution in [2.75, 3.05) is 7.11 Å². The number of benzene rings is 2. The van der Waals surface area contributed by atoms with Crippen molar-refractivity contribution >= 4 is 5.78 Å². The maximum absolute atomic E-state index is 13.5. The van der Waals surface area contributed by atoms with Crippen LogP contribution in [0.2, 0.25) is 0 Å². The third-order valence-electron chi connectivity index (χ3n) is 3.39. The van der Waals surface area contributed by atoms with Gasteiger partial charge in [-0.25, -0.2) is 4.39 Å². The third-order valence-corrected chi connectivity index (χ3v) is 3.39. The molecule has 0 heterocycles. The zero-order valence-electron chi connectivity index (χ0n) is 12.1. The highest BCUT2D eigenvalue weighted by molar-refractivity contribution is 6.01. The van der Waals surface area contributed by atoms with Gasteiger partial charge in [0, 0.05) is 5.56 Å². The Labute approximate surface area is 118 Å². The number of hydrogen-bond acceptors (Lipinski definition) is 2. The summed E-state index contributed by atoms with van der Waals surface area (Å²) in [6.45, 7) is 5.34. The van der Waals surface area contributed by atoms with Gasteiger partial charge >= 0.3 is 0 Å². The van der Waals surface area contributed by atoms with E-state index < -0.39 is 0 Å². The number of rotatable bonds is 3. The van der Waals surface area contributed by atoms with Crippen molar-refractivity contribution in [2.24, 2.45) is 0 Å². The van der Waals surface area contributed by atoms with E-state index in [0.29, 0.717) is 11.1 Å². The molecule has 2 rings (SSSR count). The van der Waals surface area contributed by atoms with Crippen LogP contribution in [0.15, 0.2) is 30.3 Å². The molecule has 0 unspecified atom stereocenters. The molecule has 0 N–H and O–H groups in total. The summed E-state index contributed by atoms with van der Waals surface area (Å²) in [6.07, 6.45) is 0. The number of Topliss-reactive ketones (excluding diaryl/α,β-unsaturated/α-hetero) is 1. The predicted octanol–water partition coefficient (Wildman–Crippen LogP) is 4.32. The van der Waals surface area contributed by atoms with Gasteiger partial charge in [0.1, 0.15) is 11.6 Å². The average Bonchev–Trinajstić information content (AvgIpc) is 2.40. The maximum Gasteiger partial charge on any atom is 0.160 e. The molecule has 0 aliphatic carbocycles. The summed E-state index contributed by atoms with van der Waals surface area (Å²) in [5, 5.41) is 0. The second kappa shape index (κ2) is 5.45. The Morgan fingerprint density at radius 2 is 1.75 bits per heavy atom. The molecule has 2 aromatic rings. The highest BCUT2D eigenvalue weighted by Gasteiger charge is 2.14. The van der Waals surface area contributed by atoms with Crippen molar-refractivity contribution in [3.8, 4) is 16.9 Å². The first-order chi connectivity index (χ1) is 9.43. The summed E-state index contributed by atoms with van der Waals surface area (Å²) in [4.78, 5) is 11.7. The molecule has 104 valence electrons. The zero-order chi connectivity index (χ0) is 14.9. The lowest BCUT2D eigenvalue weighted by atomic mass is 9.92. The molecule has 0 saturated carbocycles. The van der Waals surface area contributed by atoms with Gasteiger partial charge in [-0.05, 0) is 73.4 Å². The second-order valence-electron chi connectivity index (χ2n) is 4.88. The third kappa shape index (κ3) is 2.57. The van der Waals surface area contributed by atoms with Gasteiger partial charge in [0.15, 0.2) is 5.78 Å². The fourth-order valence-corrected chi connectivity index (χ4v) is 2.35. The fraction of sp³-hybridized carbons (Fsp3) is 0.235. The van der Waals surface area contributed by atoms with Gasteiger partial charge in [-0.1, -0.05) is 0 Å². The minimum absolute atomic E-state index is 0.0760. The number of methoxy groups -OCH3 is 1. The van der Waals surface area contributed by atoms with E-state index in [1.54, 1.807) is 7.11 Å². The molecule has 0 atom stereocenters.